The molecule has 0 spiro atoms. The standard InChI is InChI=1S/C16H15IN2O3/c1-22-15(20)12-5-3-7-14(9-12)19-16(21)18-10-11-4-2-6-13(17)8-11/h2-9H,10H2,1H3,(H2,18,19,21). The Balaban J connectivity index is 1.93. The highest BCUT2D eigenvalue weighted by atomic mass is 127. The Morgan fingerprint density at radius 2 is 1.91 bits per heavy atom. The van der Waals surface area contributed by atoms with Crippen LogP contribution in [0.3, 0.4) is 0 Å². The summed E-state index contributed by atoms with van der Waals surface area (Å²) in [4.78, 5) is 23.3. The summed E-state index contributed by atoms with van der Waals surface area (Å²) in [6.07, 6.45) is 0. The van der Waals surface area contributed by atoms with Crippen molar-refractivity contribution in [3.63, 3.8) is 0 Å². The first-order valence-electron chi connectivity index (χ1n) is 6.56. The summed E-state index contributed by atoms with van der Waals surface area (Å²) in [7, 11) is 1.32. The minimum absolute atomic E-state index is 0.333. The lowest BCUT2D eigenvalue weighted by Gasteiger charge is -2.09. The molecular weight excluding hydrogens is 395 g/mol. The van der Waals surface area contributed by atoms with Gasteiger partial charge in [-0.2, -0.15) is 0 Å². The molecule has 0 aromatic heterocycles. The molecule has 5 nitrogen and oxygen atoms in total. The average Bonchev–Trinajstić information content (AvgIpc) is 2.52. The maximum Gasteiger partial charge on any atom is 0.337 e. The van der Waals surface area contributed by atoms with Gasteiger partial charge in [0.2, 0.25) is 0 Å². The third kappa shape index (κ3) is 4.73. The fourth-order valence-corrected chi connectivity index (χ4v) is 2.45. The number of halogens is 1. The molecule has 22 heavy (non-hydrogen) atoms. The number of carbonyl (C=O) groups excluding carboxylic acids is 2. The molecule has 0 aliphatic heterocycles. The summed E-state index contributed by atoms with van der Waals surface area (Å²) >= 11 is 2.22. The number of esters is 1. The lowest BCUT2D eigenvalue weighted by molar-refractivity contribution is 0.0600. The Morgan fingerprint density at radius 3 is 2.64 bits per heavy atom. The van der Waals surface area contributed by atoms with Crippen LogP contribution in [0.4, 0.5) is 10.5 Å². The van der Waals surface area contributed by atoms with E-state index in [1.54, 1.807) is 24.3 Å². The third-order valence-electron chi connectivity index (χ3n) is 2.88. The molecule has 0 radical (unpaired) electrons. The number of carbonyl (C=O) groups is 2. The molecule has 0 aliphatic carbocycles. The first-order chi connectivity index (χ1) is 10.6. The van der Waals surface area contributed by atoms with Gasteiger partial charge in [0, 0.05) is 15.8 Å². The lowest BCUT2D eigenvalue weighted by Crippen LogP contribution is -2.28. The van der Waals surface area contributed by atoms with E-state index in [-0.39, 0.29) is 6.03 Å². The van der Waals surface area contributed by atoms with Gasteiger partial charge in [0.05, 0.1) is 12.7 Å². The van der Waals surface area contributed by atoms with Gasteiger partial charge < -0.3 is 15.4 Å². The topological polar surface area (TPSA) is 67.4 Å². The molecule has 0 saturated carbocycles. The Morgan fingerprint density at radius 1 is 1.14 bits per heavy atom. The molecule has 0 bridgehead atoms. The zero-order valence-electron chi connectivity index (χ0n) is 11.9. The van der Waals surface area contributed by atoms with Gasteiger partial charge in [-0.15, -0.1) is 0 Å². The molecule has 0 aliphatic rings. The molecule has 0 heterocycles. The van der Waals surface area contributed by atoms with Crippen LogP contribution >= 0.6 is 22.6 Å². The van der Waals surface area contributed by atoms with Crippen molar-refractivity contribution in [3.05, 3.63) is 63.2 Å². The average molecular weight is 410 g/mol. The van der Waals surface area contributed by atoms with Gasteiger partial charge in [-0.3, -0.25) is 0 Å². The maximum atomic E-state index is 11.9. The van der Waals surface area contributed by atoms with E-state index < -0.39 is 5.97 Å². The molecule has 114 valence electrons. The Labute approximate surface area is 142 Å². The molecule has 2 aromatic rings. The maximum absolute atomic E-state index is 11.9. The largest absolute Gasteiger partial charge is 0.465 e. The molecule has 2 N–H and O–H groups in total. The number of nitrogens with one attached hydrogen (secondary N) is 2. The van der Waals surface area contributed by atoms with E-state index in [0.29, 0.717) is 17.8 Å². The summed E-state index contributed by atoms with van der Waals surface area (Å²) in [5.74, 6) is -0.442. The van der Waals surface area contributed by atoms with Crippen molar-refractivity contribution in [2.45, 2.75) is 6.54 Å². The van der Waals surface area contributed by atoms with Crippen molar-refractivity contribution < 1.29 is 14.3 Å². The first kappa shape index (κ1) is 16.3. The minimum Gasteiger partial charge on any atom is -0.465 e. The van der Waals surface area contributed by atoms with E-state index in [4.69, 9.17) is 0 Å². The molecule has 0 atom stereocenters. The zero-order valence-corrected chi connectivity index (χ0v) is 14.1. The molecule has 0 saturated heterocycles. The highest BCUT2D eigenvalue weighted by molar-refractivity contribution is 14.1. The van der Waals surface area contributed by atoms with Crippen LogP contribution in [0, 0.1) is 3.57 Å². The number of amides is 2. The van der Waals surface area contributed by atoms with Crippen molar-refractivity contribution >= 4 is 40.3 Å². The summed E-state index contributed by atoms with van der Waals surface area (Å²) in [5, 5.41) is 5.45. The van der Waals surface area contributed by atoms with Crippen LogP contribution < -0.4 is 10.6 Å². The number of benzene rings is 2. The summed E-state index contributed by atoms with van der Waals surface area (Å²) in [6.45, 7) is 0.430. The van der Waals surface area contributed by atoms with Gasteiger partial charge in [-0.05, 0) is 58.5 Å². The van der Waals surface area contributed by atoms with Crippen molar-refractivity contribution in [3.8, 4) is 0 Å². The van der Waals surface area contributed by atoms with Crippen molar-refractivity contribution in [2.75, 3.05) is 12.4 Å². The van der Waals surface area contributed by atoms with Crippen molar-refractivity contribution in [2.24, 2.45) is 0 Å². The number of anilines is 1. The van der Waals surface area contributed by atoms with Crippen LogP contribution in [0.5, 0.6) is 0 Å². The molecule has 2 aromatic carbocycles. The van der Waals surface area contributed by atoms with Crippen LogP contribution in [-0.2, 0) is 11.3 Å². The van der Waals surface area contributed by atoms with Gasteiger partial charge in [-0.25, -0.2) is 9.59 Å². The van der Waals surface area contributed by atoms with E-state index in [0.717, 1.165) is 9.13 Å². The van der Waals surface area contributed by atoms with E-state index in [1.165, 1.54) is 7.11 Å². The summed E-state index contributed by atoms with van der Waals surface area (Å²) < 4.78 is 5.76. The van der Waals surface area contributed by atoms with Crippen LogP contribution in [0.15, 0.2) is 48.5 Å². The van der Waals surface area contributed by atoms with E-state index in [2.05, 4.69) is 38.0 Å². The highest BCUT2D eigenvalue weighted by Gasteiger charge is 2.07. The van der Waals surface area contributed by atoms with Gasteiger partial charge >= 0.3 is 12.0 Å². The fraction of sp³-hybridized carbons (Fsp3) is 0.125. The predicted octanol–water partition coefficient (Wildman–Crippen LogP) is 3.40. The second-order valence-electron chi connectivity index (χ2n) is 4.51. The molecule has 2 amide bonds. The number of ether oxygens (including phenoxy) is 1. The quantitative estimate of drug-likeness (QED) is 0.600. The van der Waals surface area contributed by atoms with Gasteiger partial charge in [-0.1, -0.05) is 18.2 Å². The molecule has 0 unspecified atom stereocenters. The minimum atomic E-state index is -0.442. The molecular formula is C16H15IN2O3. The molecule has 6 heteroatoms. The monoisotopic (exact) mass is 410 g/mol. The molecule has 0 fully saturated rings. The number of methoxy groups -OCH3 is 1. The highest BCUT2D eigenvalue weighted by Crippen LogP contribution is 2.12. The van der Waals surface area contributed by atoms with E-state index in [9.17, 15) is 9.59 Å². The number of urea groups is 1. The van der Waals surface area contributed by atoms with Crippen LogP contribution in [0.25, 0.3) is 0 Å². The summed E-state index contributed by atoms with van der Waals surface area (Å²) in [6, 6.07) is 14.1. The second-order valence-corrected chi connectivity index (χ2v) is 5.76. The van der Waals surface area contributed by atoms with Crippen LogP contribution in [0.1, 0.15) is 15.9 Å². The van der Waals surface area contributed by atoms with E-state index >= 15 is 0 Å². The summed E-state index contributed by atoms with van der Waals surface area (Å²) in [5.41, 5.74) is 1.94. The molecule has 2 rings (SSSR count). The Kier molecular flexibility index (Phi) is 5.76. The SMILES string of the molecule is COC(=O)c1cccc(NC(=O)NCc2cccc(I)c2)c1. The number of hydrogen-bond acceptors (Lipinski definition) is 3. The van der Waals surface area contributed by atoms with Crippen molar-refractivity contribution in [1.29, 1.82) is 0 Å². The van der Waals surface area contributed by atoms with Gasteiger partial charge in [0.1, 0.15) is 0 Å². The second kappa shape index (κ2) is 7.79. The fourth-order valence-electron chi connectivity index (χ4n) is 1.85. The van der Waals surface area contributed by atoms with Crippen LogP contribution in [0.2, 0.25) is 0 Å². The van der Waals surface area contributed by atoms with Crippen LogP contribution in [-0.4, -0.2) is 19.1 Å². The van der Waals surface area contributed by atoms with E-state index in [1.807, 2.05) is 24.3 Å². The van der Waals surface area contributed by atoms with Gasteiger partial charge in [0.15, 0.2) is 0 Å². The smallest absolute Gasteiger partial charge is 0.337 e. The third-order valence-corrected chi connectivity index (χ3v) is 3.55. The Bertz CT molecular complexity index is 689. The van der Waals surface area contributed by atoms with Gasteiger partial charge in [0.25, 0.3) is 0 Å². The normalized spacial score (nSPS) is 9.91. The zero-order chi connectivity index (χ0) is 15.9. The first-order valence-corrected chi connectivity index (χ1v) is 7.64. The predicted molar refractivity (Wildman–Crippen MR) is 92.8 cm³/mol. The lowest BCUT2D eigenvalue weighted by atomic mass is 10.2. The number of rotatable bonds is 4. The van der Waals surface area contributed by atoms with Crippen molar-refractivity contribution in [1.82, 2.24) is 5.32 Å². The Hall–Kier alpha value is -2.09. The number of hydrogen-bond donors (Lipinski definition) is 2.